The van der Waals surface area contributed by atoms with Crippen molar-refractivity contribution in [1.29, 1.82) is 5.26 Å². The van der Waals surface area contributed by atoms with Crippen LogP contribution in [0.5, 0.6) is 6.01 Å². The van der Waals surface area contributed by atoms with Gasteiger partial charge in [-0.2, -0.15) is 10.2 Å². The van der Waals surface area contributed by atoms with E-state index in [1.165, 1.54) is 6.20 Å². The number of nitrogens with zero attached hydrogens (tertiary/aromatic N) is 3. The summed E-state index contributed by atoms with van der Waals surface area (Å²) < 4.78 is 5.44. The van der Waals surface area contributed by atoms with E-state index in [-0.39, 0.29) is 12.1 Å². The van der Waals surface area contributed by atoms with Gasteiger partial charge in [-0.3, -0.25) is 0 Å². The second-order valence-corrected chi connectivity index (χ2v) is 3.40. The highest BCUT2D eigenvalue weighted by Gasteiger charge is 2.10. The summed E-state index contributed by atoms with van der Waals surface area (Å²) in [6, 6.07) is 3.76. The van der Waals surface area contributed by atoms with Crippen LogP contribution < -0.4 is 4.74 Å². The fourth-order valence-electron chi connectivity index (χ4n) is 0.762. The fourth-order valence-corrected chi connectivity index (χ4v) is 0.762. The van der Waals surface area contributed by atoms with Crippen LogP contribution in [0.25, 0.3) is 0 Å². The van der Waals surface area contributed by atoms with Crippen molar-refractivity contribution in [2.24, 2.45) is 5.92 Å². The predicted molar refractivity (Wildman–Crippen MR) is 51.7 cm³/mol. The summed E-state index contributed by atoms with van der Waals surface area (Å²) in [5.74, 6) is 0.393. The average molecular weight is 191 g/mol. The number of nitriles is 1. The van der Waals surface area contributed by atoms with Gasteiger partial charge in [0.05, 0.1) is 0 Å². The van der Waals surface area contributed by atoms with E-state index in [1.807, 2.05) is 13.0 Å². The van der Waals surface area contributed by atoms with Crippen LogP contribution in [0.2, 0.25) is 0 Å². The molecule has 0 aromatic carbocycles. The molecule has 1 heterocycles. The minimum atomic E-state index is 0.0453. The molecule has 14 heavy (non-hydrogen) atoms. The largest absolute Gasteiger partial charge is 0.460 e. The van der Waals surface area contributed by atoms with Gasteiger partial charge in [-0.15, -0.1) is 0 Å². The number of rotatable bonds is 3. The van der Waals surface area contributed by atoms with Gasteiger partial charge in [0.25, 0.3) is 0 Å². The second-order valence-electron chi connectivity index (χ2n) is 3.40. The lowest BCUT2D eigenvalue weighted by Gasteiger charge is -2.15. The Balaban J connectivity index is 2.73. The van der Waals surface area contributed by atoms with Crippen molar-refractivity contribution in [2.75, 3.05) is 0 Å². The highest BCUT2D eigenvalue weighted by molar-refractivity contribution is 5.19. The molecule has 1 rings (SSSR count). The summed E-state index contributed by atoms with van der Waals surface area (Å²) in [7, 11) is 0. The van der Waals surface area contributed by atoms with Crippen LogP contribution in [0, 0.1) is 17.2 Å². The zero-order valence-corrected chi connectivity index (χ0v) is 8.56. The van der Waals surface area contributed by atoms with E-state index in [1.54, 1.807) is 6.07 Å². The van der Waals surface area contributed by atoms with E-state index >= 15 is 0 Å². The molecule has 4 nitrogen and oxygen atoms in total. The second kappa shape index (κ2) is 4.56. The molecule has 1 aromatic rings. The lowest BCUT2D eigenvalue weighted by Crippen LogP contribution is -2.19. The maximum Gasteiger partial charge on any atom is 0.317 e. The first kappa shape index (κ1) is 10.5. The maximum atomic E-state index is 8.61. The van der Waals surface area contributed by atoms with Crippen LogP contribution in [-0.4, -0.2) is 16.1 Å². The Morgan fingerprint density at radius 1 is 1.43 bits per heavy atom. The summed E-state index contributed by atoms with van der Waals surface area (Å²) >= 11 is 0. The summed E-state index contributed by atoms with van der Waals surface area (Å²) in [5, 5.41) is 8.61. The third-order valence-electron chi connectivity index (χ3n) is 1.98. The molecule has 0 saturated heterocycles. The summed E-state index contributed by atoms with van der Waals surface area (Å²) in [6.07, 6.45) is 1.57. The molecule has 0 N–H and O–H groups in total. The van der Waals surface area contributed by atoms with Crippen LogP contribution >= 0.6 is 0 Å². The van der Waals surface area contributed by atoms with Gasteiger partial charge in [-0.05, 0) is 18.9 Å². The molecule has 0 saturated carbocycles. The molecule has 1 atom stereocenters. The lowest BCUT2D eigenvalue weighted by molar-refractivity contribution is 0.155. The van der Waals surface area contributed by atoms with Gasteiger partial charge in [0.15, 0.2) is 0 Å². The highest BCUT2D eigenvalue weighted by atomic mass is 16.5. The van der Waals surface area contributed by atoms with Gasteiger partial charge in [0.2, 0.25) is 0 Å². The highest BCUT2D eigenvalue weighted by Crippen LogP contribution is 2.10. The minimum absolute atomic E-state index is 0.0453. The molecule has 0 amide bonds. The van der Waals surface area contributed by atoms with Crippen molar-refractivity contribution in [3.05, 3.63) is 18.0 Å². The van der Waals surface area contributed by atoms with Gasteiger partial charge in [-0.25, -0.2) is 4.98 Å². The molecule has 1 aromatic heterocycles. The van der Waals surface area contributed by atoms with Crippen molar-refractivity contribution >= 4 is 0 Å². The predicted octanol–water partition coefficient (Wildman–Crippen LogP) is 1.77. The van der Waals surface area contributed by atoms with Crippen LogP contribution in [0.4, 0.5) is 0 Å². The van der Waals surface area contributed by atoms with E-state index < -0.39 is 0 Å². The number of aromatic nitrogens is 2. The van der Waals surface area contributed by atoms with E-state index in [0.29, 0.717) is 11.6 Å². The van der Waals surface area contributed by atoms with Crippen LogP contribution in [0.1, 0.15) is 26.5 Å². The Bertz CT molecular complexity index is 343. The molecular weight excluding hydrogens is 178 g/mol. The normalized spacial score (nSPS) is 12.2. The molecule has 0 fully saturated rings. The van der Waals surface area contributed by atoms with Crippen molar-refractivity contribution in [1.82, 2.24) is 9.97 Å². The standard InChI is InChI=1S/C10H13N3O/c1-7(2)8(3)14-10-12-5-4-9(6-11)13-10/h4-5,7-8H,1-3H3. The first-order chi connectivity index (χ1) is 6.63. The van der Waals surface area contributed by atoms with Gasteiger partial charge >= 0.3 is 6.01 Å². The molecule has 0 spiro atoms. The van der Waals surface area contributed by atoms with Crippen molar-refractivity contribution in [2.45, 2.75) is 26.9 Å². The summed E-state index contributed by atoms with van der Waals surface area (Å²) in [5.41, 5.74) is 0.325. The van der Waals surface area contributed by atoms with Gasteiger partial charge in [-0.1, -0.05) is 13.8 Å². The zero-order chi connectivity index (χ0) is 10.6. The minimum Gasteiger partial charge on any atom is -0.460 e. The third-order valence-corrected chi connectivity index (χ3v) is 1.98. The molecule has 0 bridgehead atoms. The molecule has 1 unspecified atom stereocenters. The molecule has 0 aliphatic heterocycles. The van der Waals surface area contributed by atoms with Gasteiger partial charge in [0.1, 0.15) is 17.9 Å². The smallest absolute Gasteiger partial charge is 0.317 e. The van der Waals surface area contributed by atoms with Crippen molar-refractivity contribution in [3.8, 4) is 12.1 Å². The Kier molecular flexibility index (Phi) is 3.41. The lowest BCUT2D eigenvalue weighted by atomic mass is 10.1. The first-order valence-corrected chi connectivity index (χ1v) is 4.53. The SMILES string of the molecule is CC(C)C(C)Oc1nccc(C#N)n1. The van der Waals surface area contributed by atoms with Gasteiger partial charge < -0.3 is 4.74 Å². The molecular formula is C10H13N3O. The van der Waals surface area contributed by atoms with Crippen molar-refractivity contribution < 1.29 is 4.74 Å². The molecule has 0 radical (unpaired) electrons. The van der Waals surface area contributed by atoms with Gasteiger partial charge in [0, 0.05) is 6.20 Å². The van der Waals surface area contributed by atoms with Crippen LogP contribution in [-0.2, 0) is 0 Å². The maximum absolute atomic E-state index is 8.61. The molecule has 74 valence electrons. The monoisotopic (exact) mass is 191 g/mol. The average Bonchev–Trinajstić information content (AvgIpc) is 2.18. The Morgan fingerprint density at radius 2 is 2.14 bits per heavy atom. The third kappa shape index (κ3) is 2.70. The van der Waals surface area contributed by atoms with Crippen molar-refractivity contribution in [3.63, 3.8) is 0 Å². The van der Waals surface area contributed by atoms with E-state index in [2.05, 4.69) is 23.8 Å². The molecule has 4 heteroatoms. The van der Waals surface area contributed by atoms with Crippen LogP contribution in [0.3, 0.4) is 0 Å². The summed E-state index contributed by atoms with van der Waals surface area (Å²) in [4.78, 5) is 7.84. The number of hydrogen-bond acceptors (Lipinski definition) is 4. The zero-order valence-electron chi connectivity index (χ0n) is 8.56. The quantitative estimate of drug-likeness (QED) is 0.730. The molecule has 0 aliphatic rings. The van der Waals surface area contributed by atoms with E-state index in [9.17, 15) is 0 Å². The number of hydrogen-bond donors (Lipinski definition) is 0. The van der Waals surface area contributed by atoms with E-state index in [0.717, 1.165) is 0 Å². The summed E-state index contributed by atoms with van der Waals surface area (Å²) in [6.45, 7) is 6.06. The number of ether oxygens (including phenoxy) is 1. The Morgan fingerprint density at radius 3 is 2.71 bits per heavy atom. The first-order valence-electron chi connectivity index (χ1n) is 4.53. The molecule has 0 aliphatic carbocycles. The topological polar surface area (TPSA) is 58.8 Å². The van der Waals surface area contributed by atoms with E-state index in [4.69, 9.17) is 10.00 Å². The Labute approximate surface area is 83.6 Å². The Hall–Kier alpha value is -1.63. The fraction of sp³-hybridized carbons (Fsp3) is 0.500. The van der Waals surface area contributed by atoms with Crippen LogP contribution in [0.15, 0.2) is 12.3 Å².